The van der Waals surface area contributed by atoms with Gasteiger partial charge in [-0.1, -0.05) is 16.8 Å². The van der Waals surface area contributed by atoms with E-state index in [4.69, 9.17) is 27.3 Å². The minimum absolute atomic E-state index is 0.0447. The van der Waals surface area contributed by atoms with Crippen molar-refractivity contribution in [1.82, 2.24) is 9.97 Å². The molecule has 1 heterocycles. The Morgan fingerprint density at radius 2 is 2.14 bits per heavy atom. The number of hydrogen-bond acceptors (Lipinski definition) is 5. The predicted molar refractivity (Wildman–Crippen MR) is 78.5 cm³/mol. The Morgan fingerprint density at radius 3 is 2.81 bits per heavy atom. The van der Waals surface area contributed by atoms with Crippen molar-refractivity contribution in [3.63, 3.8) is 0 Å². The average molecular weight is 376 g/mol. The molecular formula is C12H9BrClFN4O2. The Hall–Kier alpha value is -1.93. The van der Waals surface area contributed by atoms with Gasteiger partial charge in [0.15, 0.2) is 5.84 Å². The molecule has 110 valence electrons. The first-order valence-corrected chi connectivity index (χ1v) is 6.73. The number of hydrogen-bond donors (Lipinski definition) is 2. The number of aryl methyl sites for hydroxylation is 1. The lowest BCUT2D eigenvalue weighted by Gasteiger charge is -2.09. The van der Waals surface area contributed by atoms with Crippen molar-refractivity contribution < 1.29 is 14.3 Å². The van der Waals surface area contributed by atoms with Gasteiger partial charge in [0.05, 0.1) is 9.50 Å². The second-order valence-corrected chi connectivity index (χ2v) is 5.22. The molecule has 0 unspecified atom stereocenters. The number of rotatable bonds is 3. The Morgan fingerprint density at radius 1 is 1.43 bits per heavy atom. The van der Waals surface area contributed by atoms with E-state index in [1.54, 1.807) is 6.92 Å². The first kappa shape index (κ1) is 15.5. The first-order chi connectivity index (χ1) is 9.90. The number of benzene rings is 1. The number of nitrogens with zero attached hydrogens (tertiary/aromatic N) is 3. The Bertz CT molecular complexity index is 727. The van der Waals surface area contributed by atoms with Crippen LogP contribution < -0.4 is 10.5 Å². The number of oxime groups is 1. The maximum atomic E-state index is 13.5. The number of halogens is 3. The van der Waals surface area contributed by atoms with Crippen LogP contribution in [0.2, 0.25) is 5.02 Å². The van der Waals surface area contributed by atoms with Crippen LogP contribution in [-0.2, 0) is 0 Å². The van der Waals surface area contributed by atoms with E-state index >= 15 is 0 Å². The van der Waals surface area contributed by atoms with E-state index in [1.807, 2.05) is 0 Å². The van der Waals surface area contributed by atoms with E-state index < -0.39 is 5.82 Å². The quantitative estimate of drug-likeness (QED) is 0.282. The summed E-state index contributed by atoms with van der Waals surface area (Å²) in [4.78, 5) is 8.00. The van der Waals surface area contributed by atoms with Crippen molar-refractivity contribution in [2.24, 2.45) is 10.9 Å². The van der Waals surface area contributed by atoms with Crippen LogP contribution in [0.3, 0.4) is 0 Å². The van der Waals surface area contributed by atoms with Gasteiger partial charge in [-0.25, -0.2) is 9.37 Å². The standard InChI is InChI=1S/C12H9BrClFN4O2/c1-5-2-9(11(16)19-20)18-12(17-5)21-10-4-8(15)7(14)3-6(10)13/h2-4,20H,1H3,(H2,16,19). The third-order valence-corrected chi connectivity index (χ3v) is 3.29. The number of amidine groups is 1. The molecule has 0 aliphatic heterocycles. The van der Waals surface area contributed by atoms with Crippen LogP contribution in [0, 0.1) is 12.7 Å². The number of aromatic nitrogens is 2. The number of nitrogens with two attached hydrogens (primary N) is 1. The molecule has 21 heavy (non-hydrogen) atoms. The summed E-state index contributed by atoms with van der Waals surface area (Å²) in [5, 5.41) is 11.5. The van der Waals surface area contributed by atoms with E-state index in [1.165, 1.54) is 12.1 Å². The van der Waals surface area contributed by atoms with Crippen molar-refractivity contribution >= 4 is 33.4 Å². The zero-order chi connectivity index (χ0) is 15.6. The largest absolute Gasteiger partial charge is 0.423 e. The van der Waals surface area contributed by atoms with Crippen LogP contribution in [0.15, 0.2) is 27.8 Å². The fourth-order valence-corrected chi connectivity index (χ4v) is 2.17. The fourth-order valence-electron chi connectivity index (χ4n) is 1.45. The molecule has 9 heteroatoms. The van der Waals surface area contributed by atoms with Gasteiger partial charge in [-0.3, -0.25) is 0 Å². The highest BCUT2D eigenvalue weighted by molar-refractivity contribution is 9.10. The zero-order valence-electron chi connectivity index (χ0n) is 10.6. The van der Waals surface area contributed by atoms with Crippen molar-refractivity contribution in [3.05, 3.63) is 44.9 Å². The van der Waals surface area contributed by atoms with Gasteiger partial charge in [0.25, 0.3) is 0 Å². The molecule has 0 saturated heterocycles. The van der Waals surface area contributed by atoms with E-state index in [0.29, 0.717) is 10.2 Å². The topological polar surface area (TPSA) is 93.6 Å². The molecule has 0 fully saturated rings. The fraction of sp³-hybridized carbons (Fsp3) is 0.0833. The summed E-state index contributed by atoms with van der Waals surface area (Å²) in [6.45, 7) is 1.68. The van der Waals surface area contributed by atoms with Crippen molar-refractivity contribution in [3.8, 4) is 11.8 Å². The molecule has 0 radical (unpaired) electrons. The van der Waals surface area contributed by atoms with E-state index in [2.05, 4.69) is 31.1 Å². The summed E-state index contributed by atoms with van der Waals surface area (Å²) in [5.74, 6) is -0.682. The predicted octanol–water partition coefficient (Wildman–Crippen LogP) is 3.23. The Kier molecular flexibility index (Phi) is 4.59. The number of ether oxygens (including phenoxy) is 1. The Balaban J connectivity index is 2.40. The van der Waals surface area contributed by atoms with Gasteiger partial charge in [0.1, 0.15) is 17.3 Å². The molecule has 0 spiro atoms. The van der Waals surface area contributed by atoms with Gasteiger partial charge in [-0.15, -0.1) is 0 Å². The molecule has 2 aromatic rings. The first-order valence-electron chi connectivity index (χ1n) is 5.56. The molecule has 0 amide bonds. The van der Waals surface area contributed by atoms with Crippen LogP contribution in [0.25, 0.3) is 0 Å². The maximum Gasteiger partial charge on any atom is 0.322 e. The average Bonchev–Trinajstić information content (AvgIpc) is 2.43. The molecule has 1 aromatic heterocycles. The summed E-state index contributed by atoms with van der Waals surface area (Å²) in [7, 11) is 0. The van der Waals surface area contributed by atoms with Gasteiger partial charge in [0, 0.05) is 11.8 Å². The molecule has 1 aromatic carbocycles. The lowest BCUT2D eigenvalue weighted by molar-refractivity contribution is 0.318. The monoisotopic (exact) mass is 374 g/mol. The van der Waals surface area contributed by atoms with Gasteiger partial charge >= 0.3 is 6.01 Å². The maximum absolute atomic E-state index is 13.5. The lowest BCUT2D eigenvalue weighted by Crippen LogP contribution is -2.16. The molecule has 0 atom stereocenters. The zero-order valence-corrected chi connectivity index (χ0v) is 13.0. The molecular weight excluding hydrogens is 367 g/mol. The molecule has 0 aliphatic rings. The second kappa shape index (κ2) is 6.23. The molecule has 6 nitrogen and oxygen atoms in total. The smallest absolute Gasteiger partial charge is 0.322 e. The SMILES string of the molecule is Cc1cc(/C(N)=N/O)nc(Oc2cc(F)c(Cl)cc2Br)n1. The van der Waals surface area contributed by atoms with Crippen LogP contribution in [0.5, 0.6) is 11.8 Å². The third kappa shape index (κ3) is 3.59. The van der Waals surface area contributed by atoms with Gasteiger partial charge in [0.2, 0.25) is 0 Å². The molecule has 0 saturated carbocycles. The summed E-state index contributed by atoms with van der Waals surface area (Å²) >= 11 is 8.85. The normalized spacial score (nSPS) is 11.5. The molecule has 2 rings (SSSR count). The van der Waals surface area contributed by atoms with Crippen LogP contribution in [-0.4, -0.2) is 21.0 Å². The van der Waals surface area contributed by atoms with Crippen LogP contribution in [0.4, 0.5) is 4.39 Å². The summed E-state index contributed by atoms with van der Waals surface area (Å²) < 4.78 is 19.3. The third-order valence-electron chi connectivity index (χ3n) is 2.38. The lowest BCUT2D eigenvalue weighted by atomic mass is 10.3. The highest BCUT2D eigenvalue weighted by Gasteiger charge is 2.12. The van der Waals surface area contributed by atoms with E-state index in [-0.39, 0.29) is 28.3 Å². The van der Waals surface area contributed by atoms with E-state index in [0.717, 1.165) is 6.07 Å². The van der Waals surface area contributed by atoms with Crippen molar-refractivity contribution in [2.45, 2.75) is 6.92 Å². The minimum Gasteiger partial charge on any atom is -0.423 e. The van der Waals surface area contributed by atoms with Gasteiger partial charge in [-0.05, 0) is 35.0 Å². The summed E-state index contributed by atoms with van der Waals surface area (Å²) in [6.07, 6.45) is 0. The van der Waals surface area contributed by atoms with Gasteiger partial charge in [-0.2, -0.15) is 4.98 Å². The van der Waals surface area contributed by atoms with E-state index in [9.17, 15) is 4.39 Å². The Labute approximate surface area is 132 Å². The van der Waals surface area contributed by atoms with Crippen LogP contribution >= 0.6 is 27.5 Å². The molecule has 3 N–H and O–H groups in total. The summed E-state index contributed by atoms with van der Waals surface area (Å²) in [5.41, 5.74) is 6.19. The van der Waals surface area contributed by atoms with Crippen LogP contribution in [0.1, 0.15) is 11.4 Å². The molecule has 0 bridgehead atoms. The summed E-state index contributed by atoms with van der Waals surface area (Å²) in [6, 6.07) is 3.90. The molecule has 0 aliphatic carbocycles. The highest BCUT2D eigenvalue weighted by atomic mass is 79.9. The second-order valence-electron chi connectivity index (χ2n) is 3.96. The van der Waals surface area contributed by atoms with Gasteiger partial charge < -0.3 is 15.7 Å². The minimum atomic E-state index is -0.640. The van der Waals surface area contributed by atoms with Crippen molar-refractivity contribution in [1.29, 1.82) is 0 Å². The highest BCUT2D eigenvalue weighted by Crippen LogP contribution is 2.32. The van der Waals surface area contributed by atoms with Crippen molar-refractivity contribution in [2.75, 3.05) is 0 Å².